The van der Waals surface area contributed by atoms with Gasteiger partial charge in [0.25, 0.3) is 5.91 Å². The molecule has 21 heavy (non-hydrogen) atoms. The van der Waals surface area contributed by atoms with Crippen LogP contribution in [-0.4, -0.2) is 30.3 Å². The lowest BCUT2D eigenvalue weighted by Crippen LogP contribution is -2.33. The zero-order valence-electron chi connectivity index (χ0n) is 11.7. The van der Waals surface area contributed by atoms with E-state index in [2.05, 4.69) is 17.2 Å². The number of carbonyl (C=O) groups is 1. The Hall–Kier alpha value is -1.54. The van der Waals surface area contributed by atoms with Crippen LogP contribution in [0, 0.1) is 11.8 Å². The summed E-state index contributed by atoms with van der Waals surface area (Å²) in [6.07, 6.45) is 2.73. The quantitative estimate of drug-likeness (QED) is 0.844. The average Bonchev–Trinajstić information content (AvgIpc) is 2.51. The van der Waals surface area contributed by atoms with Crippen molar-refractivity contribution >= 4 is 23.2 Å². The van der Waals surface area contributed by atoms with E-state index in [1.54, 1.807) is 18.2 Å². The molecular formula is C16H18ClNO3. The van der Waals surface area contributed by atoms with Crippen LogP contribution in [0.4, 0.5) is 5.69 Å². The number of rotatable bonds is 3. The Morgan fingerprint density at radius 1 is 1.48 bits per heavy atom. The van der Waals surface area contributed by atoms with Gasteiger partial charge in [-0.15, -0.1) is 0 Å². The minimum absolute atomic E-state index is 0.00513. The summed E-state index contributed by atoms with van der Waals surface area (Å²) < 4.78 is 5.47. The summed E-state index contributed by atoms with van der Waals surface area (Å²) >= 11 is 5.96. The molecule has 0 saturated carbocycles. The zero-order valence-corrected chi connectivity index (χ0v) is 12.4. The lowest BCUT2D eigenvalue weighted by Gasteiger charge is -2.22. The Balaban J connectivity index is 2.11. The molecule has 5 heteroatoms. The highest BCUT2D eigenvalue weighted by molar-refractivity contribution is 6.30. The Morgan fingerprint density at radius 2 is 2.33 bits per heavy atom. The SMILES string of the molecule is O=C(Nc1ccc(Cl)cc1C#CCCO)C1CCCCO1. The minimum Gasteiger partial charge on any atom is -0.395 e. The van der Waals surface area contributed by atoms with Crippen molar-refractivity contribution in [2.75, 3.05) is 18.5 Å². The van der Waals surface area contributed by atoms with Crippen LogP contribution < -0.4 is 5.32 Å². The van der Waals surface area contributed by atoms with Gasteiger partial charge in [0.1, 0.15) is 6.10 Å². The van der Waals surface area contributed by atoms with Crippen LogP contribution >= 0.6 is 11.6 Å². The molecular weight excluding hydrogens is 290 g/mol. The summed E-state index contributed by atoms with van der Waals surface area (Å²) in [5, 5.41) is 12.2. The van der Waals surface area contributed by atoms with Gasteiger partial charge in [0.15, 0.2) is 0 Å². The summed E-state index contributed by atoms with van der Waals surface area (Å²) in [4.78, 5) is 12.2. The van der Waals surface area contributed by atoms with Gasteiger partial charge < -0.3 is 15.2 Å². The number of amides is 1. The maximum Gasteiger partial charge on any atom is 0.253 e. The molecule has 1 atom stereocenters. The molecule has 0 spiro atoms. The van der Waals surface area contributed by atoms with Crippen LogP contribution in [0.1, 0.15) is 31.2 Å². The lowest BCUT2D eigenvalue weighted by molar-refractivity contribution is -0.129. The number of hydrogen-bond donors (Lipinski definition) is 2. The van der Waals surface area contributed by atoms with Crippen molar-refractivity contribution in [1.82, 2.24) is 0 Å². The molecule has 1 aromatic rings. The molecule has 1 fully saturated rings. The monoisotopic (exact) mass is 307 g/mol. The third kappa shape index (κ3) is 4.75. The van der Waals surface area contributed by atoms with Gasteiger partial charge in [0.05, 0.1) is 12.3 Å². The van der Waals surface area contributed by atoms with Crippen molar-refractivity contribution in [3.8, 4) is 11.8 Å². The smallest absolute Gasteiger partial charge is 0.253 e. The molecule has 1 amide bonds. The van der Waals surface area contributed by atoms with Gasteiger partial charge in [-0.2, -0.15) is 0 Å². The molecule has 0 aliphatic carbocycles. The van der Waals surface area contributed by atoms with E-state index in [4.69, 9.17) is 21.4 Å². The Kier molecular flexibility index (Phi) is 6.06. The summed E-state index contributed by atoms with van der Waals surface area (Å²) in [7, 11) is 0. The van der Waals surface area contributed by atoms with Gasteiger partial charge in [0, 0.05) is 23.6 Å². The van der Waals surface area contributed by atoms with Gasteiger partial charge in [0.2, 0.25) is 0 Å². The average molecular weight is 308 g/mol. The molecule has 2 N–H and O–H groups in total. The molecule has 0 aromatic heterocycles. The van der Waals surface area contributed by atoms with Gasteiger partial charge in [-0.3, -0.25) is 4.79 Å². The molecule has 2 rings (SSSR count). The van der Waals surface area contributed by atoms with Crippen molar-refractivity contribution in [2.45, 2.75) is 31.8 Å². The van der Waals surface area contributed by atoms with Crippen LogP contribution in [0.2, 0.25) is 5.02 Å². The number of hydrogen-bond acceptors (Lipinski definition) is 3. The first-order valence-electron chi connectivity index (χ1n) is 7.02. The van der Waals surface area contributed by atoms with Crippen molar-refractivity contribution < 1.29 is 14.6 Å². The van der Waals surface area contributed by atoms with Crippen LogP contribution in [-0.2, 0) is 9.53 Å². The number of carbonyl (C=O) groups excluding carboxylic acids is 1. The third-order valence-electron chi connectivity index (χ3n) is 3.17. The van der Waals surface area contributed by atoms with E-state index < -0.39 is 6.10 Å². The van der Waals surface area contributed by atoms with Crippen molar-refractivity contribution in [1.29, 1.82) is 0 Å². The molecule has 1 saturated heterocycles. The Morgan fingerprint density at radius 3 is 3.05 bits per heavy atom. The molecule has 112 valence electrons. The van der Waals surface area contributed by atoms with E-state index in [0.29, 0.717) is 29.3 Å². The highest BCUT2D eigenvalue weighted by Gasteiger charge is 2.22. The van der Waals surface area contributed by atoms with Gasteiger partial charge in [-0.1, -0.05) is 23.4 Å². The van der Waals surface area contributed by atoms with E-state index in [-0.39, 0.29) is 12.5 Å². The summed E-state index contributed by atoms with van der Waals surface area (Å²) in [6.45, 7) is 0.632. The normalized spacial score (nSPS) is 17.7. The standard InChI is InChI=1S/C16H18ClNO3/c17-13-7-8-14(12(11-13)5-1-3-9-19)18-16(20)15-6-2-4-10-21-15/h7-8,11,15,19H,2-4,6,9-10H2,(H,18,20). The molecule has 1 unspecified atom stereocenters. The first-order chi connectivity index (χ1) is 10.2. The molecule has 0 radical (unpaired) electrons. The maximum absolute atomic E-state index is 12.2. The molecule has 1 heterocycles. The van der Waals surface area contributed by atoms with E-state index in [0.717, 1.165) is 19.3 Å². The van der Waals surface area contributed by atoms with Crippen LogP contribution in [0.25, 0.3) is 0 Å². The fourth-order valence-corrected chi connectivity index (χ4v) is 2.28. The molecule has 1 aliphatic heterocycles. The number of benzene rings is 1. The second-order valence-electron chi connectivity index (χ2n) is 4.81. The van der Waals surface area contributed by atoms with Crippen LogP contribution in [0.5, 0.6) is 0 Å². The van der Waals surface area contributed by atoms with Gasteiger partial charge in [-0.05, 0) is 37.5 Å². The molecule has 4 nitrogen and oxygen atoms in total. The topological polar surface area (TPSA) is 58.6 Å². The van der Waals surface area contributed by atoms with E-state index in [1.165, 1.54) is 0 Å². The number of anilines is 1. The van der Waals surface area contributed by atoms with Crippen LogP contribution in [0.3, 0.4) is 0 Å². The van der Waals surface area contributed by atoms with Crippen LogP contribution in [0.15, 0.2) is 18.2 Å². The van der Waals surface area contributed by atoms with Gasteiger partial charge >= 0.3 is 0 Å². The third-order valence-corrected chi connectivity index (χ3v) is 3.41. The summed E-state index contributed by atoms with van der Waals surface area (Å²) in [5.41, 5.74) is 1.25. The predicted octanol–water partition coefficient (Wildman–Crippen LogP) is 2.58. The highest BCUT2D eigenvalue weighted by Crippen LogP contribution is 2.21. The fourth-order valence-electron chi connectivity index (χ4n) is 2.10. The zero-order chi connectivity index (χ0) is 15.1. The summed E-state index contributed by atoms with van der Waals surface area (Å²) in [6, 6.07) is 5.13. The Labute approximate surface area is 129 Å². The number of aliphatic hydroxyl groups is 1. The van der Waals surface area contributed by atoms with Crippen molar-refractivity contribution in [3.63, 3.8) is 0 Å². The number of aliphatic hydroxyl groups excluding tert-OH is 1. The number of nitrogens with one attached hydrogen (secondary N) is 1. The van der Waals surface area contributed by atoms with Crippen molar-refractivity contribution in [3.05, 3.63) is 28.8 Å². The molecule has 0 bridgehead atoms. The maximum atomic E-state index is 12.2. The second kappa shape index (κ2) is 8.04. The minimum atomic E-state index is -0.396. The Bertz CT molecular complexity index is 556. The first-order valence-corrected chi connectivity index (χ1v) is 7.40. The van der Waals surface area contributed by atoms with E-state index >= 15 is 0 Å². The number of halogens is 1. The molecule has 1 aliphatic rings. The van der Waals surface area contributed by atoms with Crippen molar-refractivity contribution in [2.24, 2.45) is 0 Å². The van der Waals surface area contributed by atoms with E-state index in [1.807, 2.05) is 0 Å². The summed E-state index contributed by atoms with van der Waals surface area (Å²) in [5.74, 6) is 5.59. The second-order valence-corrected chi connectivity index (χ2v) is 5.25. The predicted molar refractivity (Wildman–Crippen MR) is 82.3 cm³/mol. The largest absolute Gasteiger partial charge is 0.395 e. The van der Waals surface area contributed by atoms with E-state index in [9.17, 15) is 4.79 Å². The first kappa shape index (κ1) is 15.8. The molecule has 1 aromatic carbocycles. The highest BCUT2D eigenvalue weighted by atomic mass is 35.5. The van der Waals surface area contributed by atoms with Gasteiger partial charge in [-0.25, -0.2) is 0 Å². The fraction of sp³-hybridized carbons (Fsp3) is 0.438. The number of ether oxygens (including phenoxy) is 1. The lowest BCUT2D eigenvalue weighted by atomic mass is 10.1.